The van der Waals surface area contributed by atoms with Crippen LogP contribution in [-0.4, -0.2) is 13.1 Å². The van der Waals surface area contributed by atoms with Crippen molar-refractivity contribution in [1.82, 2.24) is 0 Å². The molecule has 0 fully saturated rings. The Morgan fingerprint density at radius 1 is 1.35 bits per heavy atom. The molecule has 2 nitrogen and oxygen atoms in total. The van der Waals surface area contributed by atoms with Crippen LogP contribution >= 0.6 is 38.6 Å². The van der Waals surface area contributed by atoms with E-state index in [0.29, 0.717) is 0 Å². The van der Waals surface area contributed by atoms with Crippen LogP contribution in [0.2, 0.25) is 0 Å². The fraction of sp³-hybridized carbons (Fsp3) is 0.250. The fourth-order valence-corrected chi connectivity index (χ4v) is 4.16. The Bertz CT molecular complexity index is 518. The van der Waals surface area contributed by atoms with E-state index in [2.05, 4.69) is 15.9 Å². The molecule has 2 aromatic heterocycles. The molecule has 0 aliphatic carbocycles. The molecule has 0 saturated heterocycles. The third-order valence-electron chi connectivity index (χ3n) is 2.67. The van der Waals surface area contributed by atoms with Crippen LogP contribution in [-0.2, 0) is 14.9 Å². The van der Waals surface area contributed by atoms with E-state index in [0.717, 1.165) is 13.5 Å². The molecule has 2 aromatic rings. The van der Waals surface area contributed by atoms with Gasteiger partial charge in [0.2, 0.25) is 0 Å². The molecule has 0 bridgehead atoms. The smallest absolute Gasteiger partial charge is 0.322 e. The molecule has 17 heavy (non-hydrogen) atoms. The van der Waals surface area contributed by atoms with Crippen molar-refractivity contribution in [2.75, 3.05) is 7.11 Å². The Kier molecular flexibility index (Phi) is 3.70. The van der Waals surface area contributed by atoms with Gasteiger partial charge in [0.05, 0.1) is 10.9 Å². The number of hydrogen-bond donors (Lipinski definition) is 0. The SMILES string of the molecule is COC(=O)C(C)(c1cccs1)c1ccc(Br)s1. The summed E-state index contributed by atoms with van der Waals surface area (Å²) < 4.78 is 5.98. The van der Waals surface area contributed by atoms with Crippen LogP contribution in [0.3, 0.4) is 0 Å². The maximum atomic E-state index is 12.1. The van der Waals surface area contributed by atoms with E-state index in [4.69, 9.17) is 4.74 Å². The van der Waals surface area contributed by atoms with Gasteiger partial charge in [0.15, 0.2) is 0 Å². The topological polar surface area (TPSA) is 26.3 Å². The normalized spacial score (nSPS) is 14.3. The summed E-state index contributed by atoms with van der Waals surface area (Å²) in [5, 5.41) is 1.97. The number of ether oxygens (including phenoxy) is 1. The molecule has 5 heteroatoms. The van der Waals surface area contributed by atoms with Crippen molar-refractivity contribution in [3.05, 3.63) is 43.2 Å². The molecule has 0 aliphatic rings. The second-order valence-electron chi connectivity index (χ2n) is 3.70. The summed E-state index contributed by atoms with van der Waals surface area (Å²) in [6, 6.07) is 7.83. The minimum absolute atomic E-state index is 0.228. The van der Waals surface area contributed by atoms with Gasteiger partial charge in [-0.2, -0.15) is 0 Å². The van der Waals surface area contributed by atoms with Crippen molar-refractivity contribution in [3.8, 4) is 0 Å². The van der Waals surface area contributed by atoms with Crippen molar-refractivity contribution >= 4 is 44.6 Å². The molecule has 2 rings (SSSR count). The molecule has 2 heterocycles. The van der Waals surface area contributed by atoms with E-state index in [-0.39, 0.29) is 5.97 Å². The molecule has 0 aliphatic heterocycles. The van der Waals surface area contributed by atoms with Crippen molar-refractivity contribution < 1.29 is 9.53 Å². The van der Waals surface area contributed by atoms with E-state index in [1.54, 1.807) is 22.7 Å². The molecule has 0 aromatic carbocycles. The second kappa shape index (κ2) is 4.92. The summed E-state index contributed by atoms with van der Waals surface area (Å²) >= 11 is 6.56. The van der Waals surface area contributed by atoms with Crippen molar-refractivity contribution in [2.45, 2.75) is 12.3 Å². The van der Waals surface area contributed by atoms with Gasteiger partial charge in [-0.25, -0.2) is 0 Å². The Morgan fingerprint density at radius 2 is 2.12 bits per heavy atom. The average Bonchev–Trinajstić information content (AvgIpc) is 2.97. The largest absolute Gasteiger partial charge is 0.468 e. The summed E-state index contributed by atoms with van der Waals surface area (Å²) in [5.41, 5.74) is -0.709. The van der Waals surface area contributed by atoms with Crippen molar-refractivity contribution in [2.24, 2.45) is 0 Å². The summed E-state index contributed by atoms with van der Waals surface area (Å²) in [4.78, 5) is 14.1. The fourth-order valence-electron chi connectivity index (χ4n) is 1.67. The summed E-state index contributed by atoms with van der Waals surface area (Å²) in [6.07, 6.45) is 0. The van der Waals surface area contributed by atoms with Crippen LogP contribution in [0.4, 0.5) is 0 Å². The molecule has 0 radical (unpaired) electrons. The summed E-state index contributed by atoms with van der Waals surface area (Å²) in [5.74, 6) is -0.228. The minimum atomic E-state index is -0.709. The molecule has 0 saturated carbocycles. The van der Waals surface area contributed by atoms with E-state index in [1.165, 1.54) is 7.11 Å². The zero-order valence-electron chi connectivity index (χ0n) is 9.40. The number of carbonyl (C=O) groups is 1. The number of carbonyl (C=O) groups excluding carboxylic acids is 1. The number of hydrogen-bond acceptors (Lipinski definition) is 4. The lowest BCUT2D eigenvalue weighted by Crippen LogP contribution is -2.33. The standard InChI is InChI=1S/C12H11BrO2S2/c1-12(11(14)15-2,8-4-3-7-16-8)9-5-6-10(13)17-9/h3-7H,1-2H3. The third-order valence-corrected chi connectivity index (χ3v) is 5.61. The van der Waals surface area contributed by atoms with E-state index < -0.39 is 5.41 Å². The van der Waals surface area contributed by atoms with E-state index in [9.17, 15) is 4.79 Å². The lowest BCUT2D eigenvalue weighted by molar-refractivity contribution is -0.145. The molecular formula is C12H11BrO2S2. The van der Waals surface area contributed by atoms with Gasteiger partial charge in [-0.05, 0) is 46.4 Å². The van der Waals surface area contributed by atoms with Crippen LogP contribution in [0.15, 0.2) is 33.4 Å². The maximum Gasteiger partial charge on any atom is 0.322 e. The van der Waals surface area contributed by atoms with Gasteiger partial charge in [-0.3, -0.25) is 4.79 Å². The first kappa shape index (κ1) is 12.8. The molecule has 0 N–H and O–H groups in total. The first-order valence-electron chi connectivity index (χ1n) is 4.97. The van der Waals surface area contributed by atoms with Crippen LogP contribution in [0.5, 0.6) is 0 Å². The van der Waals surface area contributed by atoms with Crippen LogP contribution < -0.4 is 0 Å². The predicted molar refractivity (Wildman–Crippen MR) is 74.8 cm³/mol. The highest BCUT2D eigenvalue weighted by atomic mass is 79.9. The Hall–Kier alpha value is -0.650. The number of rotatable bonds is 3. The van der Waals surface area contributed by atoms with Crippen molar-refractivity contribution in [3.63, 3.8) is 0 Å². The van der Waals surface area contributed by atoms with Gasteiger partial charge >= 0.3 is 5.97 Å². The number of esters is 1. The van der Waals surface area contributed by atoms with Gasteiger partial charge in [-0.1, -0.05) is 6.07 Å². The zero-order valence-corrected chi connectivity index (χ0v) is 12.6. The molecule has 90 valence electrons. The van der Waals surface area contributed by atoms with Gasteiger partial charge in [0.25, 0.3) is 0 Å². The number of thiophene rings is 2. The van der Waals surface area contributed by atoms with Gasteiger partial charge in [-0.15, -0.1) is 22.7 Å². The first-order chi connectivity index (χ1) is 8.09. The third kappa shape index (κ3) is 2.19. The Morgan fingerprint density at radius 3 is 2.59 bits per heavy atom. The molecule has 1 atom stereocenters. The van der Waals surface area contributed by atoms with Gasteiger partial charge in [0.1, 0.15) is 5.41 Å². The lowest BCUT2D eigenvalue weighted by Gasteiger charge is -2.24. The first-order valence-corrected chi connectivity index (χ1v) is 7.46. The van der Waals surface area contributed by atoms with Crippen LogP contribution in [0.1, 0.15) is 16.7 Å². The molecule has 0 amide bonds. The monoisotopic (exact) mass is 330 g/mol. The number of methoxy groups -OCH3 is 1. The van der Waals surface area contributed by atoms with Crippen LogP contribution in [0, 0.1) is 0 Å². The molecule has 0 spiro atoms. The highest BCUT2D eigenvalue weighted by Crippen LogP contribution is 2.40. The maximum absolute atomic E-state index is 12.1. The lowest BCUT2D eigenvalue weighted by atomic mass is 9.87. The quantitative estimate of drug-likeness (QED) is 0.793. The Labute approximate surface area is 116 Å². The molecular weight excluding hydrogens is 320 g/mol. The summed E-state index contributed by atoms with van der Waals surface area (Å²) in [7, 11) is 1.43. The predicted octanol–water partition coefficient (Wildman–Crippen LogP) is 4.05. The van der Waals surface area contributed by atoms with Gasteiger partial charge < -0.3 is 4.74 Å². The van der Waals surface area contributed by atoms with Crippen LogP contribution in [0.25, 0.3) is 0 Å². The summed E-state index contributed by atoms with van der Waals surface area (Å²) in [6.45, 7) is 1.91. The number of halogens is 1. The average molecular weight is 331 g/mol. The minimum Gasteiger partial charge on any atom is -0.468 e. The Balaban J connectivity index is 2.55. The van der Waals surface area contributed by atoms with Crippen molar-refractivity contribution in [1.29, 1.82) is 0 Å². The second-order valence-corrected chi connectivity index (χ2v) is 7.11. The van der Waals surface area contributed by atoms with E-state index in [1.807, 2.05) is 36.6 Å². The van der Waals surface area contributed by atoms with Gasteiger partial charge in [0, 0.05) is 9.75 Å². The highest BCUT2D eigenvalue weighted by Gasteiger charge is 2.40. The van der Waals surface area contributed by atoms with E-state index >= 15 is 0 Å². The molecule has 1 unspecified atom stereocenters. The zero-order chi connectivity index (χ0) is 12.5. The highest BCUT2D eigenvalue weighted by molar-refractivity contribution is 9.11.